The van der Waals surface area contributed by atoms with Gasteiger partial charge in [-0.15, -0.1) is 0 Å². The lowest BCUT2D eigenvalue weighted by atomic mass is 10.1. The molecule has 7 nitrogen and oxygen atoms in total. The molecule has 7 heteroatoms. The van der Waals surface area contributed by atoms with Crippen LogP contribution in [0.15, 0.2) is 9.59 Å². The number of aliphatic hydroxyl groups is 1. The number of carbonyl (C=O) groups excluding carboxylic acids is 1. The molecule has 0 atom stereocenters. The Kier molecular flexibility index (Phi) is 15.8. The minimum absolute atomic E-state index is 0.286. The van der Waals surface area contributed by atoms with Crippen LogP contribution in [0.5, 0.6) is 0 Å². The Morgan fingerprint density at radius 2 is 1.26 bits per heavy atom. The first-order valence-corrected chi connectivity index (χ1v) is 12.2. The molecule has 0 aliphatic carbocycles. The third kappa shape index (κ3) is 11.5. The maximum atomic E-state index is 11.6. The van der Waals surface area contributed by atoms with Gasteiger partial charge in [-0.25, -0.2) is 0 Å². The molecule has 0 aliphatic rings. The fraction of sp³-hybridized carbons (Fsp3) is 0.792. The average molecular weight is 438 g/mol. The first-order chi connectivity index (χ1) is 15.2. The maximum absolute atomic E-state index is 11.6. The smallest absolute Gasteiger partial charge is 0.253 e. The van der Waals surface area contributed by atoms with Crippen molar-refractivity contribution in [3.05, 3.63) is 20.4 Å². The zero-order chi connectivity index (χ0) is 22.7. The highest BCUT2D eigenvalue weighted by molar-refractivity contribution is 5.73. The van der Waals surface area contributed by atoms with Crippen molar-refractivity contribution in [2.75, 3.05) is 50.5 Å². The molecule has 0 bridgehead atoms. The SMILES string of the molecule is CNc1c(NCCCCCN(CCCCCCO)CCCCCCCC=O)c(=O)c1=O. The number of carbonyl (C=O) groups is 1. The van der Waals surface area contributed by atoms with Crippen LogP contribution < -0.4 is 21.5 Å². The summed E-state index contributed by atoms with van der Waals surface area (Å²) < 4.78 is 0. The van der Waals surface area contributed by atoms with Gasteiger partial charge >= 0.3 is 0 Å². The van der Waals surface area contributed by atoms with Crippen LogP contribution in [0.25, 0.3) is 0 Å². The van der Waals surface area contributed by atoms with Crippen molar-refractivity contribution in [2.45, 2.75) is 83.5 Å². The van der Waals surface area contributed by atoms with Crippen molar-refractivity contribution >= 4 is 17.7 Å². The lowest BCUT2D eigenvalue weighted by Gasteiger charge is -2.22. The molecule has 0 fully saturated rings. The first-order valence-electron chi connectivity index (χ1n) is 12.2. The summed E-state index contributed by atoms with van der Waals surface area (Å²) >= 11 is 0. The van der Waals surface area contributed by atoms with Crippen LogP contribution in [-0.2, 0) is 4.79 Å². The molecule has 0 saturated heterocycles. The zero-order valence-corrected chi connectivity index (χ0v) is 19.4. The third-order valence-electron chi connectivity index (χ3n) is 5.79. The molecule has 0 heterocycles. The average Bonchev–Trinajstić information content (AvgIpc) is 2.78. The van der Waals surface area contributed by atoms with E-state index in [1.807, 2.05) is 0 Å². The van der Waals surface area contributed by atoms with Crippen molar-refractivity contribution < 1.29 is 9.90 Å². The van der Waals surface area contributed by atoms with E-state index in [9.17, 15) is 14.4 Å². The minimum atomic E-state index is -0.427. The summed E-state index contributed by atoms with van der Waals surface area (Å²) in [6.07, 6.45) is 15.0. The van der Waals surface area contributed by atoms with Gasteiger partial charge in [-0.1, -0.05) is 38.5 Å². The van der Waals surface area contributed by atoms with Crippen LogP contribution in [-0.4, -0.2) is 56.1 Å². The fourth-order valence-corrected chi connectivity index (χ4v) is 3.88. The van der Waals surface area contributed by atoms with Gasteiger partial charge < -0.3 is 25.4 Å². The van der Waals surface area contributed by atoms with Crippen LogP contribution in [0.2, 0.25) is 0 Å². The topological polar surface area (TPSA) is 98.7 Å². The normalized spacial score (nSPS) is 11.3. The van der Waals surface area contributed by atoms with Gasteiger partial charge in [0.2, 0.25) is 0 Å². The fourth-order valence-electron chi connectivity index (χ4n) is 3.88. The molecule has 0 aromatic heterocycles. The predicted octanol–water partition coefficient (Wildman–Crippen LogP) is 3.30. The van der Waals surface area contributed by atoms with Gasteiger partial charge in [-0.3, -0.25) is 9.59 Å². The molecule has 0 spiro atoms. The summed E-state index contributed by atoms with van der Waals surface area (Å²) in [5.41, 5.74) is -0.0000639. The summed E-state index contributed by atoms with van der Waals surface area (Å²) in [4.78, 5) is 35.9. The van der Waals surface area contributed by atoms with E-state index in [-0.39, 0.29) is 6.61 Å². The highest BCUT2D eigenvalue weighted by Crippen LogP contribution is 2.13. The standard InChI is InChI=1S/C24H43N3O4/c1-25-21-22(24(31)23(21)30)26-15-9-8-12-18-27(17-11-5-7-14-20-29)16-10-4-2-3-6-13-19-28/h19,25-26,29H,2-18,20H2,1H3. The van der Waals surface area contributed by atoms with E-state index in [1.165, 1.54) is 32.1 Å². The summed E-state index contributed by atoms with van der Waals surface area (Å²) in [5, 5.41) is 14.8. The van der Waals surface area contributed by atoms with Crippen LogP contribution >= 0.6 is 0 Å². The number of hydrogen-bond donors (Lipinski definition) is 3. The summed E-state index contributed by atoms with van der Waals surface area (Å²) in [6, 6.07) is 0. The van der Waals surface area contributed by atoms with Crippen molar-refractivity contribution in [3.63, 3.8) is 0 Å². The van der Waals surface area contributed by atoms with Gasteiger partial charge in [0, 0.05) is 26.6 Å². The molecule has 1 aromatic carbocycles. The van der Waals surface area contributed by atoms with E-state index in [0.29, 0.717) is 24.3 Å². The zero-order valence-electron chi connectivity index (χ0n) is 19.4. The van der Waals surface area contributed by atoms with Gasteiger partial charge in [-0.2, -0.15) is 0 Å². The van der Waals surface area contributed by atoms with Crippen molar-refractivity contribution in [3.8, 4) is 0 Å². The second-order valence-electron chi connectivity index (χ2n) is 8.35. The van der Waals surface area contributed by atoms with Crippen LogP contribution in [0, 0.1) is 0 Å². The molecular weight excluding hydrogens is 394 g/mol. The summed E-state index contributed by atoms with van der Waals surface area (Å²) in [7, 11) is 1.66. The Labute approximate surface area is 187 Å². The summed E-state index contributed by atoms with van der Waals surface area (Å²) in [5.74, 6) is 0. The van der Waals surface area contributed by atoms with E-state index >= 15 is 0 Å². The largest absolute Gasteiger partial charge is 0.396 e. The third-order valence-corrected chi connectivity index (χ3v) is 5.79. The molecule has 0 radical (unpaired) electrons. The number of aliphatic hydroxyl groups excluding tert-OH is 1. The van der Waals surface area contributed by atoms with Crippen LogP contribution in [0.4, 0.5) is 11.4 Å². The predicted molar refractivity (Wildman–Crippen MR) is 129 cm³/mol. The van der Waals surface area contributed by atoms with E-state index < -0.39 is 10.9 Å². The van der Waals surface area contributed by atoms with E-state index in [2.05, 4.69) is 15.5 Å². The van der Waals surface area contributed by atoms with Gasteiger partial charge in [0.25, 0.3) is 10.9 Å². The number of aldehydes is 1. The van der Waals surface area contributed by atoms with Crippen LogP contribution in [0.3, 0.4) is 0 Å². The van der Waals surface area contributed by atoms with Crippen LogP contribution in [0.1, 0.15) is 83.5 Å². The highest BCUT2D eigenvalue weighted by Gasteiger charge is 2.18. The monoisotopic (exact) mass is 437 g/mol. The number of anilines is 2. The van der Waals surface area contributed by atoms with E-state index in [0.717, 1.165) is 70.9 Å². The number of nitrogens with zero attached hydrogens (tertiary/aromatic N) is 1. The Balaban J connectivity index is 2.20. The molecule has 0 aliphatic heterocycles. The van der Waals surface area contributed by atoms with E-state index in [1.54, 1.807) is 7.05 Å². The Morgan fingerprint density at radius 3 is 1.84 bits per heavy atom. The molecular formula is C24H43N3O4. The Morgan fingerprint density at radius 1 is 0.742 bits per heavy atom. The second kappa shape index (κ2) is 17.9. The van der Waals surface area contributed by atoms with Gasteiger partial charge in [-0.05, 0) is 58.2 Å². The van der Waals surface area contributed by atoms with Gasteiger partial charge in [0.1, 0.15) is 17.7 Å². The Hall–Kier alpha value is -1.73. The quantitative estimate of drug-likeness (QED) is 0.145. The summed E-state index contributed by atoms with van der Waals surface area (Å²) in [6.45, 7) is 4.33. The van der Waals surface area contributed by atoms with Gasteiger partial charge in [0.15, 0.2) is 0 Å². The van der Waals surface area contributed by atoms with Crippen molar-refractivity contribution in [1.82, 2.24) is 4.90 Å². The number of rotatable bonds is 22. The molecule has 0 saturated carbocycles. The first kappa shape index (κ1) is 27.3. The number of unbranched alkanes of at least 4 members (excludes halogenated alkanes) is 10. The molecule has 1 aromatic rings. The molecule has 3 N–H and O–H groups in total. The highest BCUT2D eigenvalue weighted by atomic mass is 16.3. The lowest BCUT2D eigenvalue weighted by Crippen LogP contribution is -2.36. The maximum Gasteiger partial charge on any atom is 0.253 e. The molecule has 0 amide bonds. The molecule has 178 valence electrons. The number of hydrogen-bond acceptors (Lipinski definition) is 7. The van der Waals surface area contributed by atoms with Crippen molar-refractivity contribution in [1.29, 1.82) is 0 Å². The lowest BCUT2D eigenvalue weighted by molar-refractivity contribution is -0.107. The molecule has 31 heavy (non-hydrogen) atoms. The molecule has 1 rings (SSSR count). The Bertz CT molecular complexity index is 656. The van der Waals surface area contributed by atoms with E-state index in [4.69, 9.17) is 5.11 Å². The van der Waals surface area contributed by atoms with Gasteiger partial charge in [0.05, 0.1) is 0 Å². The molecule has 0 unspecified atom stereocenters. The van der Waals surface area contributed by atoms with Crippen molar-refractivity contribution in [2.24, 2.45) is 0 Å². The second-order valence-corrected chi connectivity index (χ2v) is 8.35. The number of nitrogens with one attached hydrogen (secondary N) is 2. The minimum Gasteiger partial charge on any atom is -0.396 e.